The van der Waals surface area contributed by atoms with E-state index < -0.39 is 0 Å². The zero-order valence-corrected chi connectivity index (χ0v) is 14.1. The summed E-state index contributed by atoms with van der Waals surface area (Å²) in [6.07, 6.45) is 5.13. The summed E-state index contributed by atoms with van der Waals surface area (Å²) in [5, 5.41) is 11.0. The van der Waals surface area contributed by atoms with Gasteiger partial charge in [0.2, 0.25) is 11.7 Å². The zero-order chi connectivity index (χ0) is 18.4. The highest BCUT2D eigenvalue weighted by molar-refractivity contribution is 6.21. The Hall–Kier alpha value is -3.93. The molecule has 0 atom stereocenters. The molecule has 2 aromatic heterocycles. The predicted molar refractivity (Wildman–Crippen MR) is 104 cm³/mol. The highest BCUT2D eigenvalue weighted by atomic mass is 16.3. The Morgan fingerprint density at radius 2 is 1.89 bits per heavy atom. The number of carbonyl (C=O) groups excluding carboxylic acids is 1. The van der Waals surface area contributed by atoms with Crippen molar-refractivity contribution in [2.24, 2.45) is 4.99 Å². The van der Waals surface area contributed by atoms with Crippen molar-refractivity contribution in [2.45, 2.75) is 0 Å². The summed E-state index contributed by atoms with van der Waals surface area (Å²) >= 11 is 0. The molecule has 0 aliphatic carbocycles. The first-order chi connectivity index (χ1) is 13.2. The number of imidazole rings is 1. The third-order valence-electron chi connectivity index (χ3n) is 4.62. The van der Waals surface area contributed by atoms with Crippen molar-refractivity contribution in [1.82, 2.24) is 15.0 Å². The quantitative estimate of drug-likeness (QED) is 0.484. The van der Waals surface area contributed by atoms with Gasteiger partial charge in [-0.05, 0) is 18.2 Å². The first-order valence-electron chi connectivity index (χ1n) is 8.45. The number of H-pyrrole nitrogens is 2. The molecule has 27 heavy (non-hydrogen) atoms. The summed E-state index contributed by atoms with van der Waals surface area (Å²) in [6.45, 7) is 0. The van der Waals surface area contributed by atoms with Crippen LogP contribution in [0.15, 0.2) is 59.7 Å². The van der Waals surface area contributed by atoms with Crippen LogP contribution in [0.2, 0.25) is 0 Å². The largest absolute Gasteiger partial charge is 0.492 e. The highest BCUT2D eigenvalue weighted by Gasteiger charge is 2.20. The van der Waals surface area contributed by atoms with Crippen LogP contribution in [0.25, 0.3) is 22.6 Å². The molecule has 1 aliphatic rings. The molecule has 1 aliphatic heterocycles. The Labute approximate surface area is 153 Å². The van der Waals surface area contributed by atoms with E-state index in [-0.39, 0.29) is 17.5 Å². The lowest BCUT2D eigenvalue weighted by molar-refractivity contribution is 0.103. The zero-order valence-electron chi connectivity index (χ0n) is 14.1. The van der Waals surface area contributed by atoms with Crippen molar-refractivity contribution in [3.05, 3.63) is 77.4 Å². The summed E-state index contributed by atoms with van der Waals surface area (Å²) < 4.78 is 0. The SMILES string of the molecule is O=C(c1nc(O)c(C=C2C=Nc3ccccc32)[nH]1)c1c[nH]c2ccccc12. The van der Waals surface area contributed by atoms with Crippen LogP contribution in [0, 0.1) is 0 Å². The standard InChI is InChI=1S/C21H14N4O2/c26-19(15-11-23-17-8-4-2-6-14(15)17)20-24-18(21(27)25-20)9-12-10-22-16-7-3-1-5-13(12)16/h1-11,23,27H,(H,24,25). The number of aliphatic imine (C=N–C) groups is 1. The van der Waals surface area contributed by atoms with Crippen LogP contribution in [-0.4, -0.2) is 32.1 Å². The maximum atomic E-state index is 12.9. The Balaban J connectivity index is 1.53. The van der Waals surface area contributed by atoms with Crippen LogP contribution in [0.4, 0.5) is 5.69 Å². The van der Waals surface area contributed by atoms with Gasteiger partial charge in [0.1, 0.15) is 5.69 Å². The van der Waals surface area contributed by atoms with E-state index in [1.54, 1.807) is 18.5 Å². The van der Waals surface area contributed by atoms with Crippen LogP contribution in [-0.2, 0) is 0 Å². The van der Waals surface area contributed by atoms with E-state index in [0.717, 1.165) is 27.7 Å². The molecule has 0 spiro atoms. The number of carbonyl (C=O) groups is 1. The minimum atomic E-state index is -0.284. The van der Waals surface area contributed by atoms with Gasteiger partial charge < -0.3 is 15.1 Å². The molecule has 0 amide bonds. The monoisotopic (exact) mass is 354 g/mol. The molecule has 5 rings (SSSR count). The van der Waals surface area contributed by atoms with Crippen molar-refractivity contribution in [3.8, 4) is 5.88 Å². The molecule has 6 nitrogen and oxygen atoms in total. The molecule has 0 bridgehead atoms. The van der Waals surface area contributed by atoms with Gasteiger partial charge in [0.05, 0.1) is 11.3 Å². The van der Waals surface area contributed by atoms with E-state index in [2.05, 4.69) is 19.9 Å². The molecule has 4 aromatic rings. The van der Waals surface area contributed by atoms with Gasteiger partial charge in [0.15, 0.2) is 5.82 Å². The summed E-state index contributed by atoms with van der Waals surface area (Å²) in [5.41, 5.74) is 4.44. The second kappa shape index (κ2) is 5.81. The lowest BCUT2D eigenvalue weighted by atomic mass is 10.1. The predicted octanol–water partition coefficient (Wildman–Crippen LogP) is 4.08. The summed E-state index contributed by atoms with van der Waals surface area (Å²) in [6, 6.07) is 15.3. The van der Waals surface area contributed by atoms with Gasteiger partial charge in [-0.25, -0.2) is 0 Å². The van der Waals surface area contributed by atoms with Crippen molar-refractivity contribution in [2.75, 3.05) is 0 Å². The van der Waals surface area contributed by atoms with Crippen molar-refractivity contribution < 1.29 is 9.90 Å². The van der Waals surface area contributed by atoms with E-state index in [4.69, 9.17) is 0 Å². The first kappa shape index (κ1) is 15.3. The number of aromatic hydroxyl groups is 1. The van der Waals surface area contributed by atoms with Crippen molar-refractivity contribution in [1.29, 1.82) is 0 Å². The van der Waals surface area contributed by atoms with E-state index in [1.165, 1.54) is 0 Å². The average molecular weight is 354 g/mol. The third kappa shape index (κ3) is 2.46. The number of benzene rings is 2. The maximum Gasteiger partial charge on any atom is 0.237 e. The molecule has 0 saturated carbocycles. The lowest BCUT2D eigenvalue weighted by Gasteiger charge is -1.98. The molecule has 0 saturated heterocycles. The molecule has 0 radical (unpaired) electrons. The highest BCUT2D eigenvalue weighted by Crippen LogP contribution is 2.33. The van der Waals surface area contributed by atoms with Crippen LogP contribution in [0.1, 0.15) is 27.4 Å². The Bertz CT molecular complexity index is 1260. The number of hydrogen-bond donors (Lipinski definition) is 3. The van der Waals surface area contributed by atoms with E-state index in [9.17, 15) is 9.90 Å². The molecule has 130 valence electrons. The van der Waals surface area contributed by atoms with Crippen LogP contribution in [0.3, 0.4) is 0 Å². The van der Waals surface area contributed by atoms with Crippen molar-refractivity contribution in [3.63, 3.8) is 0 Å². The normalized spacial score (nSPS) is 14.1. The lowest BCUT2D eigenvalue weighted by Crippen LogP contribution is -2.02. The van der Waals surface area contributed by atoms with E-state index >= 15 is 0 Å². The molecule has 3 heterocycles. The minimum absolute atomic E-state index is 0.0901. The number of nitrogens with zero attached hydrogens (tertiary/aromatic N) is 2. The maximum absolute atomic E-state index is 12.9. The number of aromatic nitrogens is 3. The van der Waals surface area contributed by atoms with Gasteiger partial charge in [-0.1, -0.05) is 36.4 Å². The van der Waals surface area contributed by atoms with Crippen LogP contribution >= 0.6 is 0 Å². The number of para-hydroxylation sites is 2. The third-order valence-corrected chi connectivity index (χ3v) is 4.62. The van der Waals surface area contributed by atoms with Gasteiger partial charge in [-0.2, -0.15) is 4.98 Å². The Kier molecular flexibility index (Phi) is 3.30. The number of nitrogens with one attached hydrogen (secondary N) is 2. The minimum Gasteiger partial charge on any atom is -0.492 e. The number of ketones is 1. The van der Waals surface area contributed by atoms with E-state index in [1.807, 2.05) is 48.5 Å². The Morgan fingerprint density at radius 1 is 1.07 bits per heavy atom. The molecule has 0 unspecified atom stereocenters. The number of rotatable bonds is 3. The smallest absolute Gasteiger partial charge is 0.237 e. The second-order valence-electron chi connectivity index (χ2n) is 6.27. The average Bonchev–Trinajstić information content (AvgIpc) is 3.39. The van der Waals surface area contributed by atoms with E-state index in [0.29, 0.717) is 11.3 Å². The van der Waals surface area contributed by atoms with Gasteiger partial charge >= 0.3 is 0 Å². The van der Waals surface area contributed by atoms with Crippen LogP contribution in [0.5, 0.6) is 5.88 Å². The second-order valence-corrected chi connectivity index (χ2v) is 6.27. The van der Waals surface area contributed by atoms with Gasteiger partial charge in [0.25, 0.3) is 0 Å². The molecular weight excluding hydrogens is 340 g/mol. The van der Waals surface area contributed by atoms with Gasteiger partial charge in [-0.3, -0.25) is 9.79 Å². The first-order valence-corrected chi connectivity index (χ1v) is 8.45. The van der Waals surface area contributed by atoms with Gasteiger partial charge in [-0.15, -0.1) is 0 Å². The summed E-state index contributed by atoms with van der Waals surface area (Å²) in [5.74, 6) is -0.413. The van der Waals surface area contributed by atoms with Crippen LogP contribution < -0.4 is 0 Å². The summed E-state index contributed by atoms with van der Waals surface area (Å²) in [7, 11) is 0. The number of fused-ring (bicyclic) bond motifs is 2. The number of hydrogen-bond acceptors (Lipinski definition) is 4. The fourth-order valence-corrected chi connectivity index (χ4v) is 3.28. The Morgan fingerprint density at radius 3 is 2.81 bits per heavy atom. The molecule has 6 heteroatoms. The fraction of sp³-hybridized carbons (Fsp3) is 0. The summed E-state index contributed by atoms with van der Waals surface area (Å²) in [4.78, 5) is 27.2. The fourth-order valence-electron chi connectivity index (χ4n) is 3.28. The molecular formula is C21H14N4O2. The van der Waals surface area contributed by atoms with Gasteiger partial charge in [0, 0.05) is 34.5 Å². The molecule has 2 aromatic carbocycles. The van der Waals surface area contributed by atoms with Crippen molar-refractivity contribution >= 4 is 40.2 Å². The topological polar surface area (TPSA) is 94.1 Å². The molecule has 0 fully saturated rings. The number of allylic oxidation sites excluding steroid dienone is 1. The number of aromatic amines is 2. The molecule has 3 N–H and O–H groups in total.